The van der Waals surface area contributed by atoms with Gasteiger partial charge in [0.05, 0.1) is 0 Å². The van der Waals surface area contributed by atoms with Gasteiger partial charge < -0.3 is 4.74 Å². The standard InChI is InChI=1S/C26H44O2S/c1-2-3-4-5-6-7-8-9-10-11-12-13-14-15-19-22-26(27)28-23-24-29-25-20-17-16-18-21-25/h16-18,20-21H,2-15,19,22-24H2,1H3. The second-order valence-corrected chi connectivity index (χ2v) is 9.25. The van der Waals surface area contributed by atoms with Crippen LogP contribution in [0.3, 0.4) is 0 Å². The number of unbranched alkanes of at least 4 members (excludes halogenated alkanes) is 14. The third-order valence-electron chi connectivity index (χ3n) is 5.34. The van der Waals surface area contributed by atoms with Gasteiger partial charge in [-0.1, -0.05) is 115 Å². The third kappa shape index (κ3) is 17.6. The van der Waals surface area contributed by atoms with Gasteiger partial charge in [-0.25, -0.2) is 0 Å². The van der Waals surface area contributed by atoms with E-state index in [1.54, 1.807) is 11.8 Å². The molecule has 0 aliphatic carbocycles. The van der Waals surface area contributed by atoms with E-state index in [1.165, 1.54) is 88.4 Å². The fraction of sp³-hybridized carbons (Fsp3) is 0.731. The van der Waals surface area contributed by atoms with Gasteiger partial charge in [0.25, 0.3) is 0 Å². The van der Waals surface area contributed by atoms with E-state index in [0.29, 0.717) is 13.0 Å². The number of hydrogen-bond acceptors (Lipinski definition) is 3. The fourth-order valence-corrected chi connectivity index (χ4v) is 4.30. The third-order valence-corrected chi connectivity index (χ3v) is 6.32. The van der Waals surface area contributed by atoms with Gasteiger partial charge >= 0.3 is 5.97 Å². The molecule has 1 rings (SSSR count). The molecule has 0 unspecified atom stereocenters. The number of benzene rings is 1. The van der Waals surface area contributed by atoms with Crippen LogP contribution in [-0.4, -0.2) is 18.3 Å². The monoisotopic (exact) mass is 420 g/mol. The van der Waals surface area contributed by atoms with E-state index in [0.717, 1.165) is 18.6 Å². The summed E-state index contributed by atoms with van der Waals surface area (Å²) in [5.74, 6) is 0.794. The predicted molar refractivity (Wildman–Crippen MR) is 128 cm³/mol. The number of rotatable bonds is 20. The molecule has 0 N–H and O–H groups in total. The molecular formula is C26H44O2S. The highest BCUT2D eigenvalue weighted by Gasteiger charge is 2.03. The number of ether oxygens (including phenoxy) is 1. The SMILES string of the molecule is CCCCCCCCCCCCCCCCCC(=O)OCCSc1ccccc1. The number of carbonyl (C=O) groups is 1. The van der Waals surface area contributed by atoms with Crippen molar-refractivity contribution >= 4 is 17.7 Å². The molecule has 0 saturated carbocycles. The molecule has 166 valence electrons. The van der Waals surface area contributed by atoms with E-state index in [4.69, 9.17) is 4.74 Å². The summed E-state index contributed by atoms with van der Waals surface area (Å²) in [6.07, 6.45) is 20.8. The van der Waals surface area contributed by atoms with Crippen molar-refractivity contribution in [1.82, 2.24) is 0 Å². The maximum Gasteiger partial charge on any atom is 0.305 e. The van der Waals surface area contributed by atoms with Gasteiger partial charge in [0.1, 0.15) is 6.61 Å². The molecule has 0 aliphatic heterocycles. The molecule has 0 bridgehead atoms. The molecule has 1 aromatic rings. The zero-order valence-electron chi connectivity index (χ0n) is 18.8. The number of thioether (sulfide) groups is 1. The zero-order chi connectivity index (χ0) is 20.8. The average molecular weight is 421 g/mol. The van der Waals surface area contributed by atoms with E-state index in [1.807, 2.05) is 18.2 Å². The van der Waals surface area contributed by atoms with Gasteiger partial charge in [-0.05, 0) is 18.6 Å². The Bertz CT molecular complexity index is 475. The molecule has 0 atom stereocenters. The molecule has 0 aromatic heterocycles. The van der Waals surface area contributed by atoms with Crippen molar-refractivity contribution in [2.45, 2.75) is 115 Å². The first-order valence-corrected chi connectivity index (χ1v) is 13.1. The van der Waals surface area contributed by atoms with Gasteiger partial charge in [0, 0.05) is 17.1 Å². The summed E-state index contributed by atoms with van der Waals surface area (Å²) >= 11 is 1.73. The van der Waals surface area contributed by atoms with Crippen LogP contribution < -0.4 is 0 Å². The zero-order valence-corrected chi connectivity index (χ0v) is 19.7. The van der Waals surface area contributed by atoms with Gasteiger partial charge in [-0.15, -0.1) is 11.8 Å². The van der Waals surface area contributed by atoms with Crippen LogP contribution in [0.5, 0.6) is 0 Å². The molecule has 0 aliphatic rings. The topological polar surface area (TPSA) is 26.3 Å². The van der Waals surface area contributed by atoms with Crippen LogP contribution in [0.4, 0.5) is 0 Å². The Morgan fingerprint density at radius 2 is 1.21 bits per heavy atom. The van der Waals surface area contributed by atoms with Crippen LogP contribution in [0.1, 0.15) is 110 Å². The Morgan fingerprint density at radius 3 is 1.72 bits per heavy atom. The summed E-state index contributed by atoms with van der Waals surface area (Å²) in [5, 5.41) is 0. The van der Waals surface area contributed by atoms with Crippen molar-refractivity contribution in [3.63, 3.8) is 0 Å². The van der Waals surface area contributed by atoms with Crippen molar-refractivity contribution in [2.24, 2.45) is 0 Å². The smallest absolute Gasteiger partial charge is 0.305 e. The highest BCUT2D eigenvalue weighted by atomic mass is 32.2. The summed E-state index contributed by atoms with van der Waals surface area (Å²) in [6, 6.07) is 10.3. The highest BCUT2D eigenvalue weighted by Crippen LogP contribution is 2.17. The number of esters is 1. The van der Waals surface area contributed by atoms with Crippen LogP contribution >= 0.6 is 11.8 Å². The van der Waals surface area contributed by atoms with Crippen molar-refractivity contribution in [3.8, 4) is 0 Å². The first-order chi connectivity index (χ1) is 14.3. The second kappa shape index (κ2) is 20.3. The lowest BCUT2D eigenvalue weighted by Gasteiger charge is -2.05. The minimum Gasteiger partial charge on any atom is -0.465 e. The van der Waals surface area contributed by atoms with E-state index in [-0.39, 0.29) is 5.97 Å². The molecule has 1 aromatic carbocycles. The predicted octanol–water partition coefficient (Wildman–Crippen LogP) is 8.58. The van der Waals surface area contributed by atoms with Crippen LogP contribution in [-0.2, 0) is 9.53 Å². The Morgan fingerprint density at radius 1 is 0.724 bits per heavy atom. The molecule has 0 saturated heterocycles. The van der Waals surface area contributed by atoms with Gasteiger partial charge in [0.2, 0.25) is 0 Å². The van der Waals surface area contributed by atoms with E-state index in [9.17, 15) is 4.79 Å². The van der Waals surface area contributed by atoms with E-state index < -0.39 is 0 Å². The van der Waals surface area contributed by atoms with E-state index in [2.05, 4.69) is 19.1 Å². The Balaban J connectivity index is 1.75. The fourth-order valence-electron chi connectivity index (χ4n) is 3.54. The van der Waals surface area contributed by atoms with Crippen molar-refractivity contribution < 1.29 is 9.53 Å². The minimum atomic E-state index is -0.0339. The second-order valence-electron chi connectivity index (χ2n) is 8.08. The summed E-state index contributed by atoms with van der Waals surface area (Å²) in [5.41, 5.74) is 0. The molecule has 0 spiro atoms. The largest absolute Gasteiger partial charge is 0.465 e. The molecule has 0 heterocycles. The quantitative estimate of drug-likeness (QED) is 0.120. The first kappa shape index (κ1) is 26.1. The lowest BCUT2D eigenvalue weighted by molar-refractivity contribution is -0.143. The summed E-state index contributed by atoms with van der Waals surface area (Å²) in [7, 11) is 0. The van der Waals surface area contributed by atoms with Crippen molar-refractivity contribution in [3.05, 3.63) is 30.3 Å². The Hall–Kier alpha value is -0.960. The number of carbonyl (C=O) groups excluding carboxylic acids is 1. The lowest BCUT2D eigenvalue weighted by atomic mass is 10.0. The summed E-state index contributed by atoms with van der Waals surface area (Å²) < 4.78 is 5.32. The molecule has 3 heteroatoms. The van der Waals surface area contributed by atoms with Crippen LogP contribution in [0.25, 0.3) is 0 Å². The van der Waals surface area contributed by atoms with E-state index >= 15 is 0 Å². The normalized spacial score (nSPS) is 10.9. The number of hydrogen-bond donors (Lipinski definition) is 0. The van der Waals surface area contributed by atoms with Crippen molar-refractivity contribution in [2.75, 3.05) is 12.4 Å². The maximum absolute atomic E-state index is 11.8. The maximum atomic E-state index is 11.8. The van der Waals surface area contributed by atoms with Crippen LogP contribution in [0.15, 0.2) is 35.2 Å². The Kier molecular flexibility index (Phi) is 18.3. The van der Waals surface area contributed by atoms with Gasteiger partial charge in [-0.3, -0.25) is 4.79 Å². The highest BCUT2D eigenvalue weighted by molar-refractivity contribution is 7.99. The summed E-state index contributed by atoms with van der Waals surface area (Å²) in [4.78, 5) is 13.0. The van der Waals surface area contributed by atoms with Crippen molar-refractivity contribution in [1.29, 1.82) is 0 Å². The molecule has 0 radical (unpaired) electrons. The van der Waals surface area contributed by atoms with Gasteiger partial charge in [0.15, 0.2) is 0 Å². The lowest BCUT2D eigenvalue weighted by Crippen LogP contribution is -2.07. The first-order valence-electron chi connectivity index (χ1n) is 12.2. The van der Waals surface area contributed by atoms with Crippen LogP contribution in [0.2, 0.25) is 0 Å². The molecular weight excluding hydrogens is 376 g/mol. The summed E-state index contributed by atoms with van der Waals surface area (Å²) in [6.45, 7) is 2.79. The molecule has 2 nitrogen and oxygen atoms in total. The average Bonchev–Trinajstić information content (AvgIpc) is 2.75. The van der Waals surface area contributed by atoms with Gasteiger partial charge in [-0.2, -0.15) is 0 Å². The van der Waals surface area contributed by atoms with Crippen LogP contribution in [0, 0.1) is 0 Å². The molecule has 29 heavy (non-hydrogen) atoms. The minimum absolute atomic E-state index is 0.0339. The Labute approximate surface area is 184 Å². The molecule has 0 amide bonds. The molecule has 0 fully saturated rings.